The minimum atomic E-state index is -1.11. The molecule has 3 amide bonds. The second-order valence-corrected chi connectivity index (χ2v) is 11.0. The molecule has 4 N–H and O–H groups in total. The molecule has 0 bridgehead atoms. The van der Waals surface area contributed by atoms with Crippen LogP contribution in [0, 0.1) is 0 Å². The fourth-order valence-electron chi connectivity index (χ4n) is 4.71. The number of thiazole rings is 1. The number of likely N-dealkylation sites (tertiary alicyclic amines) is 1. The molecule has 1 aromatic carbocycles. The Kier molecular flexibility index (Phi) is 7.98. The van der Waals surface area contributed by atoms with E-state index in [-0.39, 0.29) is 31.4 Å². The molecule has 37 heavy (non-hydrogen) atoms. The fourth-order valence-corrected chi connectivity index (χ4v) is 5.93. The van der Waals surface area contributed by atoms with Gasteiger partial charge in [-0.3, -0.25) is 14.5 Å². The summed E-state index contributed by atoms with van der Waals surface area (Å²) >= 11 is 7.41. The second kappa shape index (κ2) is 10.9. The van der Waals surface area contributed by atoms with Gasteiger partial charge in [-0.05, 0) is 38.1 Å². The predicted octanol–water partition coefficient (Wildman–Crippen LogP) is 3.36. The number of carbonyl (C=O) groups is 3. The summed E-state index contributed by atoms with van der Waals surface area (Å²) in [7, 11) is 0. The minimum Gasteiger partial charge on any atom is -0.465 e. The summed E-state index contributed by atoms with van der Waals surface area (Å²) in [4.78, 5) is 49.9. The number of benzene rings is 1. The van der Waals surface area contributed by atoms with E-state index in [2.05, 4.69) is 39.3 Å². The van der Waals surface area contributed by atoms with Crippen LogP contribution in [-0.2, 0) is 13.0 Å². The van der Waals surface area contributed by atoms with Crippen molar-refractivity contribution in [2.75, 3.05) is 19.6 Å². The molecule has 10 nitrogen and oxygen atoms in total. The highest BCUT2D eigenvalue weighted by atomic mass is 35.5. The zero-order valence-electron chi connectivity index (χ0n) is 20.3. The molecule has 198 valence electrons. The van der Waals surface area contributed by atoms with E-state index in [0.29, 0.717) is 21.8 Å². The number of aromatic nitrogens is 2. The van der Waals surface area contributed by atoms with Gasteiger partial charge in [0.15, 0.2) is 5.01 Å². The number of hydrogen-bond donors (Lipinski definition) is 4. The zero-order chi connectivity index (χ0) is 25.6. The van der Waals surface area contributed by atoms with E-state index in [1.54, 1.807) is 24.3 Å². The number of rotatable bonds is 5. The summed E-state index contributed by atoms with van der Waals surface area (Å²) in [5, 5.41) is 17.0. The molecule has 2 aliphatic heterocycles. The largest absolute Gasteiger partial charge is 0.465 e. The van der Waals surface area contributed by atoms with Gasteiger partial charge in [-0.1, -0.05) is 11.6 Å². The zero-order valence-corrected chi connectivity index (χ0v) is 22.7. The lowest BCUT2D eigenvalue weighted by atomic mass is 10.1. The van der Waals surface area contributed by atoms with Crippen LogP contribution in [0.15, 0.2) is 24.3 Å². The van der Waals surface area contributed by atoms with Gasteiger partial charge >= 0.3 is 6.09 Å². The Labute approximate surface area is 228 Å². The van der Waals surface area contributed by atoms with Crippen LogP contribution < -0.4 is 10.6 Å². The van der Waals surface area contributed by atoms with Crippen LogP contribution >= 0.6 is 35.3 Å². The lowest BCUT2D eigenvalue weighted by molar-refractivity contribution is 0.0894. The summed E-state index contributed by atoms with van der Waals surface area (Å²) in [5.41, 5.74) is 2.04. The van der Waals surface area contributed by atoms with Crippen molar-refractivity contribution in [1.82, 2.24) is 30.4 Å². The topological polar surface area (TPSA) is 131 Å². The van der Waals surface area contributed by atoms with E-state index in [4.69, 9.17) is 11.6 Å². The molecule has 3 aromatic rings. The third-order valence-corrected chi connectivity index (χ3v) is 8.05. The molecule has 4 heterocycles. The van der Waals surface area contributed by atoms with Crippen LogP contribution in [0.1, 0.15) is 44.7 Å². The Morgan fingerprint density at radius 2 is 1.86 bits per heavy atom. The molecule has 2 atom stereocenters. The highest BCUT2D eigenvalue weighted by Crippen LogP contribution is 2.27. The van der Waals surface area contributed by atoms with Gasteiger partial charge in [0.1, 0.15) is 5.69 Å². The van der Waals surface area contributed by atoms with Crippen molar-refractivity contribution in [3.05, 3.63) is 50.6 Å². The predicted molar refractivity (Wildman–Crippen MR) is 144 cm³/mol. The lowest BCUT2D eigenvalue weighted by Gasteiger charge is -2.29. The van der Waals surface area contributed by atoms with Crippen LogP contribution in [0.3, 0.4) is 0 Å². The third-order valence-electron chi connectivity index (χ3n) is 6.74. The first-order valence-electron chi connectivity index (χ1n) is 11.8. The Morgan fingerprint density at radius 3 is 2.54 bits per heavy atom. The Hall–Kier alpha value is -2.86. The van der Waals surface area contributed by atoms with Crippen molar-refractivity contribution in [3.8, 4) is 0 Å². The number of aromatic amines is 1. The lowest BCUT2D eigenvalue weighted by Crippen LogP contribution is -2.51. The summed E-state index contributed by atoms with van der Waals surface area (Å²) in [5.74, 6) is -0.750. The number of amides is 3. The average Bonchev–Trinajstić information content (AvgIpc) is 3.54. The Balaban J connectivity index is 0.00000320. The smallest absolute Gasteiger partial charge is 0.407 e. The van der Waals surface area contributed by atoms with Crippen molar-refractivity contribution < 1.29 is 19.5 Å². The first-order valence-corrected chi connectivity index (χ1v) is 13.0. The quantitative estimate of drug-likeness (QED) is 0.374. The number of fused-ring (bicyclic) bond motifs is 2. The number of nitrogens with one attached hydrogen (secondary N) is 3. The van der Waals surface area contributed by atoms with E-state index in [1.807, 2.05) is 0 Å². The first kappa shape index (κ1) is 27.2. The van der Waals surface area contributed by atoms with Gasteiger partial charge in [0, 0.05) is 59.4 Å². The highest BCUT2D eigenvalue weighted by molar-refractivity contribution is 7.13. The van der Waals surface area contributed by atoms with Gasteiger partial charge in [0.05, 0.1) is 17.8 Å². The Morgan fingerprint density at radius 1 is 1.16 bits per heavy atom. The van der Waals surface area contributed by atoms with Crippen molar-refractivity contribution >= 4 is 64.2 Å². The van der Waals surface area contributed by atoms with E-state index in [9.17, 15) is 19.5 Å². The molecule has 0 spiro atoms. The van der Waals surface area contributed by atoms with Crippen LogP contribution in [0.4, 0.5) is 4.79 Å². The van der Waals surface area contributed by atoms with E-state index in [0.717, 1.165) is 41.0 Å². The maximum absolute atomic E-state index is 13.1. The van der Waals surface area contributed by atoms with Crippen LogP contribution in [-0.4, -0.2) is 80.5 Å². The number of nitrogens with zero attached hydrogens (tertiary/aromatic N) is 3. The Bertz CT molecular complexity index is 1340. The number of H-pyrrole nitrogens is 1. The molecule has 2 aliphatic rings. The molecule has 5 rings (SSSR count). The summed E-state index contributed by atoms with van der Waals surface area (Å²) in [6.07, 6.45) is -0.313. The average molecular weight is 567 g/mol. The van der Waals surface area contributed by atoms with Crippen molar-refractivity contribution in [1.29, 1.82) is 0 Å². The highest BCUT2D eigenvalue weighted by Gasteiger charge is 2.38. The summed E-state index contributed by atoms with van der Waals surface area (Å²) in [6.45, 7) is 6.10. The third kappa shape index (κ3) is 5.69. The maximum atomic E-state index is 13.1. The molecular formula is C24H28Cl2N6O4S. The van der Waals surface area contributed by atoms with Crippen molar-refractivity contribution in [2.45, 2.75) is 44.9 Å². The summed E-state index contributed by atoms with van der Waals surface area (Å²) in [6, 6.07) is 6.18. The van der Waals surface area contributed by atoms with E-state index >= 15 is 0 Å². The molecule has 0 aliphatic carbocycles. The van der Waals surface area contributed by atoms with Crippen LogP contribution in [0.25, 0.3) is 10.9 Å². The second-order valence-electron chi connectivity index (χ2n) is 9.47. The number of hydrogen-bond acceptors (Lipinski definition) is 6. The van der Waals surface area contributed by atoms with Crippen LogP contribution in [0.5, 0.6) is 0 Å². The van der Waals surface area contributed by atoms with Gasteiger partial charge in [-0.25, -0.2) is 9.78 Å². The molecule has 1 fully saturated rings. The van der Waals surface area contributed by atoms with Gasteiger partial charge in [0.2, 0.25) is 0 Å². The molecular weight excluding hydrogens is 539 g/mol. The van der Waals surface area contributed by atoms with Crippen LogP contribution in [0.2, 0.25) is 5.02 Å². The van der Waals surface area contributed by atoms with E-state index in [1.165, 1.54) is 16.2 Å². The van der Waals surface area contributed by atoms with Crippen molar-refractivity contribution in [3.63, 3.8) is 0 Å². The SMILES string of the molecule is CC(C)N1CCc2nc(C(=O)N[C@@H]3CN(C(=O)O)C[C@H]3NC(=O)c3cc4cc(Cl)ccc4[nH]3)sc2C1.Cl. The molecule has 2 aromatic heterocycles. The van der Waals surface area contributed by atoms with Gasteiger partial charge in [0.25, 0.3) is 11.8 Å². The first-order chi connectivity index (χ1) is 17.2. The fraction of sp³-hybridized carbons (Fsp3) is 0.417. The summed E-state index contributed by atoms with van der Waals surface area (Å²) < 4.78 is 0. The molecule has 0 unspecified atom stereocenters. The molecule has 0 radical (unpaired) electrons. The normalized spacial score (nSPS) is 19.5. The standard InChI is InChI=1S/C24H27ClN6O4S.ClH/c1-12(2)30-6-5-16-20(11-30)36-23(29-16)22(33)28-19-10-31(24(34)35)9-18(19)27-21(32)17-8-13-7-14(25)3-4-15(13)26-17;/h3-4,7-8,12,18-19,26H,5-6,9-11H2,1-2H3,(H,27,32)(H,28,33)(H,34,35);1H/t18-,19-;/m1./s1. The van der Waals surface area contributed by atoms with E-state index < -0.39 is 24.1 Å². The number of carbonyl (C=O) groups excluding carboxylic acids is 2. The monoisotopic (exact) mass is 566 g/mol. The minimum absolute atomic E-state index is 0. The van der Waals surface area contributed by atoms with Gasteiger partial charge < -0.3 is 25.6 Å². The van der Waals surface area contributed by atoms with Gasteiger partial charge in [-0.2, -0.15) is 0 Å². The molecule has 13 heteroatoms. The number of carboxylic acid groups (broad SMARTS) is 1. The maximum Gasteiger partial charge on any atom is 0.407 e. The number of halogens is 2. The van der Waals surface area contributed by atoms with Crippen molar-refractivity contribution in [2.24, 2.45) is 0 Å². The molecule has 0 saturated carbocycles. The van der Waals surface area contributed by atoms with Gasteiger partial charge in [-0.15, -0.1) is 23.7 Å². The molecule has 1 saturated heterocycles.